The standard InChI is InChI=1S/C17H34/c1-5-6-10-14-17(4)15-12-9-7-8-11-13-16(2)3/h6,10,16-17H,5,7-9,11-15H2,1-4H3/b10-6+. The summed E-state index contributed by atoms with van der Waals surface area (Å²) in [5.74, 6) is 1.77. The van der Waals surface area contributed by atoms with Gasteiger partial charge < -0.3 is 0 Å². The average Bonchev–Trinajstić information content (AvgIpc) is 2.28. The summed E-state index contributed by atoms with van der Waals surface area (Å²) in [4.78, 5) is 0. The minimum atomic E-state index is 0.883. The first-order valence-electron chi connectivity index (χ1n) is 7.81. The predicted octanol–water partition coefficient (Wildman–Crippen LogP) is 6.37. The van der Waals surface area contributed by atoms with Crippen LogP contribution in [0.4, 0.5) is 0 Å². The van der Waals surface area contributed by atoms with Crippen molar-refractivity contribution in [2.75, 3.05) is 0 Å². The lowest BCUT2D eigenvalue weighted by atomic mass is 9.98. The highest BCUT2D eigenvalue weighted by atomic mass is 14.1. The summed E-state index contributed by atoms with van der Waals surface area (Å²) >= 11 is 0. The molecule has 0 heteroatoms. The molecule has 102 valence electrons. The van der Waals surface area contributed by atoms with Crippen molar-refractivity contribution in [3.8, 4) is 0 Å². The summed E-state index contributed by atoms with van der Waals surface area (Å²) in [5.41, 5.74) is 0. The molecule has 1 unspecified atom stereocenters. The number of unbranched alkanes of at least 4 members (excludes halogenated alkanes) is 4. The van der Waals surface area contributed by atoms with E-state index in [1.165, 1.54) is 57.8 Å². The maximum Gasteiger partial charge on any atom is -0.0325 e. The molecule has 1 atom stereocenters. The number of rotatable bonds is 11. The van der Waals surface area contributed by atoms with E-state index in [2.05, 4.69) is 39.8 Å². The van der Waals surface area contributed by atoms with E-state index in [1.807, 2.05) is 0 Å². The van der Waals surface area contributed by atoms with Gasteiger partial charge in [-0.25, -0.2) is 0 Å². The second-order valence-corrected chi connectivity index (χ2v) is 5.96. The van der Waals surface area contributed by atoms with E-state index in [0.29, 0.717) is 0 Å². The number of hydrogen-bond acceptors (Lipinski definition) is 0. The second-order valence-electron chi connectivity index (χ2n) is 5.96. The van der Waals surface area contributed by atoms with Gasteiger partial charge in [0.1, 0.15) is 0 Å². The summed E-state index contributed by atoms with van der Waals surface area (Å²) < 4.78 is 0. The van der Waals surface area contributed by atoms with E-state index in [0.717, 1.165) is 11.8 Å². The monoisotopic (exact) mass is 238 g/mol. The van der Waals surface area contributed by atoms with Gasteiger partial charge in [0.25, 0.3) is 0 Å². The third-order valence-electron chi connectivity index (χ3n) is 3.42. The van der Waals surface area contributed by atoms with Gasteiger partial charge in [0, 0.05) is 0 Å². The van der Waals surface area contributed by atoms with Gasteiger partial charge in [0.2, 0.25) is 0 Å². The Kier molecular flexibility index (Phi) is 12.0. The summed E-state index contributed by atoms with van der Waals surface area (Å²) in [6.07, 6.45) is 17.2. The van der Waals surface area contributed by atoms with Crippen molar-refractivity contribution in [3.05, 3.63) is 12.2 Å². The van der Waals surface area contributed by atoms with Gasteiger partial charge in [-0.1, -0.05) is 84.8 Å². The van der Waals surface area contributed by atoms with Crippen molar-refractivity contribution >= 4 is 0 Å². The quantitative estimate of drug-likeness (QED) is 0.290. The zero-order valence-electron chi connectivity index (χ0n) is 12.7. The van der Waals surface area contributed by atoms with Crippen LogP contribution in [0.2, 0.25) is 0 Å². The van der Waals surface area contributed by atoms with Crippen molar-refractivity contribution in [1.29, 1.82) is 0 Å². The van der Waals surface area contributed by atoms with Crippen molar-refractivity contribution in [3.63, 3.8) is 0 Å². The molecule has 0 heterocycles. The fourth-order valence-electron chi connectivity index (χ4n) is 2.19. The van der Waals surface area contributed by atoms with Crippen LogP contribution < -0.4 is 0 Å². The molecule has 0 aliphatic carbocycles. The van der Waals surface area contributed by atoms with Gasteiger partial charge in [-0.05, 0) is 24.7 Å². The molecular formula is C17H34. The molecule has 0 amide bonds. The third kappa shape index (κ3) is 13.7. The molecule has 0 bridgehead atoms. The molecule has 0 saturated carbocycles. The number of allylic oxidation sites excluding steroid dienone is 2. The maximum absolute atomic E-state index is 2.39. The maximum atomic E-state index is 2.39. The molecule has 0 aliphatic heterocycles. The largest absolute Gasteiger partial charge is 0.0888 e. The van der Waals surface area contributed by atoms with Gasteiger partial charge >= 0.3 is 0 Å². The minimum absolute atomic E-state index is 0.883. The summed E-state index contributed by atoms with van der Waals surface area (Å²) in [6, 6.07) is 0. The van der Waals surface area contributed by atoms with Crippen LogP contribution in [0.25, 0.3) is 0 Å². The molecule has 0 aliphatic rings. The van der Waals surface area contributed by atoms with Gasteiger partial charge in [-0.2, -0.15) is 0 Å². The van der Waals surface area contributed by atoms with Crippen LogP contribution in [-0.2, 0) is 0 Å². The molecule has 0 N–H and O–H groups in total. The fourth-order valence-corrected chi connectivity index (χ4v) is 2.19. The third-order valence-corrected chi connectivity index (χ3v) is 3.42. The fraction of sp³-hybridized carbons (Fsp3) is 0.882. The second kappa shape index (κ2) is 12.2. The van der Waals surface area contributed by atoms with Gasteiger partial charge in [0.15, 0.2) is 0 Å². The first-order chi connectivity index (χ1) is 8.16. The lowest BCUT2D eigenvalue weighted by Crippen LogP contribution is -1.93. The predicted molar refractivity (Wildman–Crippen MR) is 80.4 cm³/mol. The topological polar surface area (TPSA) is 0 Å². The Morgan fingerprint density at radius 1 is 0.765 bits per heavy atom. The Balaban J connectivity index is 3.19. The highest BCUT2D eigenvalue weighted by Crippen LogP contribution is 2.16. The normalized spacial score (nSPS) is 13.7. The molecule has 0 saturated heterocycles. The van der Waals surface area contributed by atoms with Crippen LogP contribution in [0.1, 0.15) is 85.5 Å². The highest BCUT2D eigenvalue weighted by Gasteiger charge is 1.99. The van der Waals surface area contributed by atoms with E-state index in [1.54, 1.807) is 0 Å². The number of hydrogen-bond donors (Lipinski definition) is 0. The van der Waals surface area contributed by atoms with E-state index in [9.17, 15) is 0 Å². The summed E-state index contributed by atoms with van der Waals surface area (Å²) in [6.45, 7) is 9.24. The molecular weight excluding hydrogens is 204 g/mol. The van der Waals surface area contributed by atoms with Crippen LogP contribution >= 0.6 is 0 Å². The molecule has 0 aromatic rings. The lowest BCUT2D eigenvalue weighted by molar-refractivity contribution is 0.474. The van der Waals surface area contributed by atoms with Crippen LogP contribution in [0.15, 0.2) is 12.2 Å². The Labute approximate surface area is 110 Å². The molecule has 0 nitrogen and oxygen atoms in total. The van der Waals surface area contributed by atoms with Gasteiger partial charge in [-0.15, -0.1) is 0 Å². The molecule has 0 fully saturated rings. The average molecular weight is 238 g/mol. The highest BCUT2D eigenvalue weighted by molar-refractivity contribution is 4.81. The molecule has 0 spiro atoms. The Morgan fingerprint density at radius 3 is 1.94 bits per heavy atom. The van der Waals surface area contributed by atoms with Crippen molar-refractivity contribution in [2.24, 2.45) is 11.8 Å². The Hall–Kier alpha value is -0.260. The molecule has 0 radical (unpaired) electrons. The van der Waals surface area contributed by atoms with Crippen molar-refractivity contribution in [1.82, 2.24) is 0 Å². The van der Waals surface area contributed by atoms with Crippen molar-refractivity contribution in [2.45, 2.75) is 85.5 Å². The molecule has 0 aromatic carbocycles. The first-order valence-corrected chi connectivity index (χ1v) is 7.81. The van der Waals surface area contributed by atoms with E-state index >= 15 is 0 Å². The van der Waals surface area contributed by atoms with Crippen LogP contribution in [0.5, 0.6) is 0 Å². The lowest BCUT2D eigenvalue weighted by Gasteiger charge is -2.08. The van der Waals surface area contributed by atoms with E-state index in [-0.39, 0.29) is 0 Å². The van der Waals surface area contributed by atoms with E-state index in [4.69, 9.17) is 0 Å². The van der Waals surface area contributed by atoms with E-state index < -0.39 is 0 Å². The summed E-state index contributed by atoms with van der Waals surface area (Å²) in [7, 11) is 0. The molecule has 0 rings (SSSR count). The van der Waals surface area contributed by atoms with Crippen LogP contribution in [-0.4, -0.2) is 0 Å². The van der Waals surface area contributed by atoms with Crippen molar-refractivity contribution < 1.29 is 0 Å². The zero-order valence-corrected chi connectivity index (χ0v) is 12.7. The first kappa shape index (κ1) is 16.7. The van der Waals surface area contributed by atoms with Crippen LogP contribution in [0, 0.1) is 11.8 Å². The molecule has 17 heavy (non-hydrogen) atoms. The SMILES string of the molecule is CC/C=C/CC(C)CCCCCCCC(C)C. The Bertz CT molecular complexity index is 167. The Morgan fingerprint density at radius 2 is 1.35 bits per heavy atom. The molecule has 0 aromatic heterocycles. The minimum Gasteiger partial charge on any atom is -0.0888 e. The van der Waals surface area contributed by atoms with Crippen LogP contribution in [0.3, 0.4) is 0 Å². The van der Waals surface area contributed by atoms with Gasteiger partial charge in [0.05, 0.1) is 0 Å². The summed E-state index contributed by atoms with van der Waals surface area (Å²) in [5, 5.41) is 0. The van der Waals surface area contributed by atoms with Gasteiger partial charge in [-0.3, -0.25) is 0 Å². The zero-order chi connectivity index (χ0) is 12.9. The smallest absolute Gasteiger partial charge is 0.0325 e.